The fourth-order valence-electron chi connectivity index (χ4n) is 3.97. The summed E-state index contributed by atoms with van der Waals surface area (Å²) in [5, 5.41) is 3.49. The van der Waals surface area contributed by atoms with Gasteiger partial charge in [-0.3, -0.25) is 4.79 Å². The van der Waals surface area contributed by atoms with Gasteiger partial charge in [0.2, 0.25) is 10.0 Å². The molecule has 6 nitrogen and oxygen atoms in total. The highest BCUT2D eigenvalue weighted by atomic mass is 35.5. The number of carbonyl (C=O) groups excluding carboxylic acids is 1. The zero-order valence-corrected chi connectivity index (χ0v) is 20.2. The number of sulfonamides is 1. The average molecular weight is 484 g/mol. The Morgan fingerprint density at radius 2 is 1.55 bits per heavy atom. The number of benzene rings is 3. The van der Waals surface area contributed by atoms with E-state index in [0.717, 1.165) is 11.1 Å². The van der Waals surface area contributed by atoms with Gasteiger partial charge in [0.25, 0.3) is 5.91 Å². The average Bonchev–Trinajstić information content (AvgIpc) is 2.80. The Morgan fingerprint density at radius 1 is 0.879 bits per heavy atom. The van der Waals surface area contributed by atoms with Crippen LogP contribution >= 0.6 is 11.6 Å². The van der Waals surface area contributed by atoms with Crippen molar-refractivity contribution in [2.45, 2.75) is 18.7 Å². The normalized spacial score (nSPS) is 14.8. The van der Waals surface area contributed by atoms with E-state index in [1.165, 1.54) is 4.31 Å². The molecule has 0 saturated carbocycles. The van der Waals surface area contributed by atoms with Crippen molar-refractivity contribution < 1.29 is 13.2 Å². The molecule has 0 aromatic heterocycles. The molecule has 1 fully saturated rings. The highest BCUT2D eigenvalue weighted by molar-refractivity contribution is 7.89. The third-order valence-corrected chi connectivity index (χ3v) is 8.06. The number of nitrogens with one attached hydrogen (secondary N) is 1. The van der Waals surface area contributed by atoms with Crippen LogP contribution in [0.5, 0.6) is 0 Å². The number of halogens is 1. The van der Waals surface area contributed by atoms with Crippen molar-refractivity contribution in [1.29, 1.82) is 0 Å². The standard InChI is InChI=1S/C25H26ClN3O3S/c1-18-10-12-20(13-11-18)33(31,32)29-16-14-28(15-17-29)24-22(26)8-5-9-23(24)27-25(30)21-7-4-3-6-19(21)2/h3-13H,14-17H2,1-2H3,(H,27,30). The molecular weight excluding hydrogens is 458 g/mol. The first-order valence-electron chi connectivity index (χ1n) is 10.7. The number of nitrogens with zero attached hydrogens (tertiary/aromatic N) is 2. The third-order valence-electron chi connectivity index (χ3n) is 5.84. The molecule has 4 rings (SSSR count). The Hall–Kier alpha value is -2.87. The molecule has 1 aliphatic heterocycles. The van der Waals surface area contributed by atoms with Crippen LogP contribution in [0.2, 0.25) is 5.02 Å². The van der Waals surface area contributed by atoms with E-state index in [1.807, 2.05) is 43.0 Å². The lowest BCUT2D eigenvalue weighted by molar-refractivity contribution is 0.102. The molecule has 172 valence electrons. The minimum Gasteiger partial charge on any atom is -0.366 e. The summed E-state index contributed by atoms with van der Waals surface area (Å²) in [5.41, 5.74) is 3.79. The van der Waals surface area contributed by atoms with Crippen molar-refractivity contribution in [3.05, 3.63) is 88.4 Å². The van der Waals surface area contributed by atoms with E-state index in [9.17, 15) is 13.2 Å². The van der Waals surface area contributed by atoms with Crippen molar-refractivity contribution in [3.63, 3.8) is 0 Å². The van der Waals surface area contributed by atoms with E-state index in [1.54, 1.807) is 42.5 Å². The number of hydrogen-bond acceptors (Lipinski definition) is 4. The number of amides is 1. The van der Waals surface area contributed by atoms with E-state index < -0.39 is 10.0 Å². The first kappa shape index (κ1) is 23.3. The van der Waals surface area contributed by atoms with Crippen molar-refractivity contribution >= 4 is 38.9 Å². The van der Waals surface area contributed by atoms with Crippen LogP contribution in [-0.2, 0) is 10.0 Å². The second-order valence-electron chi connectivity index (χ2n) is 8.11. The maximum Gasteiger partial charge on any atom is 0.255 e. The summed E-state index contributed by atoms with van der Waals surface area (Å²) >= 11 is 6.54. The van der Waals surface area contributed by atoms with Gasteiger partial charge in [0.05, 0.1) is 21.3 Å². The van der Waals surface area contributed by atoms with Crippen LogP contribution < -0.4 is 10.2 Å². The summed E-state index contributed by atoms with van der Waals surface area (Å²) in [6, 6.07) is 19.7. The molecule has 1 saturated heterocycles. The number of aryl methyl sites for hydroxylation is 2. The smallest absolute Gasteiger partial charge is 0.255 e. The molecule has 1 aliphatic rings. The Balaban J connectivity index is 1.52. The third kappa shape index (κ3) is 4.90. The molecule has 3 aromatic carbocycles. The maximum atomic E-state index is 13.0. The summed E-state index contributed by atoms with van der Waals surface area (Å²) < 4.78 is 27.6. The van der Waals surface area contributed by atoms with Crippen LogP contribution in [0.15, 0.2) is 71.6 Å². The van der Waals surface area contributed by atoms with Gasteiger partial charge < -0.3 is 10.2 Å². The Morgan fingerprint density at radius 3 is 2.21 bits per heavy atom. The molecule has 0 radical (unpaired) electrons. The summed E-state index contributed by atoms with van der Waals surface area (Å²) in [5.74, 6) is -0.211. The Bertz CT molecular complexity index is 1270. The Kier molecular flexibility index (Phi) is 6.74. The lowest BCUT2D eigenvalue weighted by atomic mass is 10.1. The predicted octanol–water partition coefficient (Wildman–Crippen LogP) is 4.72. The lowest BCUT2D eigenvalue weighted by Gasteiger charge is -2.36. The fourth-order valence-corrected chi connectivity index (χ4v) is 5.68. The lowest BCUT2D eigenvalue weighted by Crippen LogP contribution is -2.49. The van der Waals surface area contributed by atoms with Gasteiger partial charge in [-0.25, -0.2) is 8.42 Å². The van der Waals surface area contributed by atoms with Gasteiger partial charge in [-0.2, -0.15) is 4.31 Å². The van der Waals surface area contributed by atoms with Crippen LogP contribution in [0.25, 0.3) is 0 Å². The van der Waals surface area contributed by atoms with E-state index in [0.29, 0.717) is 53.0 Å². The molecule has 0 unspecified atom stereocenters. The monoisotopic (exact) mass is 483 g/mol. The molecule has 0 atom stereocenters. The number of anilines is 2. The minimum absolute atomic E-state index is 0.211. The van der Waals surface area contributed by atoms with Gasteiger partial charge >= 0.3 is 0 Å². The van der Waals surface area contributed by atoms with Crippen LogP contribution in [-0.4, -0.2) is 44.8 Å². The quantitative estimate of drug-likeness (QED) is 0.570. The van der Waals surface area contributed by atoms with E-state index in [2.05, 4.69) is 5.32 Å². The summed E-state index contributed by atoms with van der Waals surface area (Å²) in [7, 11) is -3.56. The first-order valence-corrected chi connectivity index (χ1v) is 12.6. The van der Waals surface area contributed by atoms with Crippen molar-refractivity contribution in [3.8, 4) is 0 Å². The van der Waals surface area contributed by atoms with Crippen LogP contribution in [0.4, 0.5) is 11.4 Å². The molecule has 0 spiro atoms. The highest BCUT2D eigenvalue weighted by Crippen LogP contribution is 2.35. The fraction of sp³-hybridized carbons (Fsp3) is 0.240. The van der Waals surface area contributed by atoms with E-state index in [-0.39, 0.29) is 5.91 Å². The van der Waals surface area contributed by atoms with Crippen molar-refractivity contribution in [2.24, 2.45) is 0 Å². The van der Waals surface area contributed by atoms with Gasteiger partial charge in [0.15, 0.2) is 0 Å². The van der Waals surface area contributed by atoms with Gasteiger partial charge in [-0.15, -0.1) is 0 Å². The first-order chi connectivity index (χ1) is 15.8. The number of rotatable bonds is 5. The molecule has 3 aromatic rings. The maximum absolute atomic E-state index is 13.0. The van der Waals surface area contributed by atoms with Crippen LogP contribution in [0.1, 0.15) is 21.5 Å². The zero-order chi connectivity index (χ0) is 23.6. The SMILES string of the molecule is Cc1ccc(S(=O)(=O)N2CCN(c3c(Cl)cccc3NC(=O)c3ccccc3C)CC2)cc1. The predicted molar refractivity (Wildman–Crippen MR) is 133 cm³/mol. The molecule has 1 N–H and O–H groups in total. The molecule has 1 amide bonds. The number of carbonyl (C=O) groups is 1. The Labute approximate surface area is 199 Å². The second-order valence-corrected chi connectivity index (χ2v) is 10.5. The molecular formula is C25H26ClN3O3S. The van der Waals surface area contributed by atoms with Gasteiger partial charge in [-0.05, 0) is 49.7 Å². The van der Waals surface area contributed by atoms with E-state index in [4.69, 9.17) is 11.6 Å². The zero-order valence-electron chi connectivity index (χ0n) is 18.6. The molecule has 1 heterocycles. The molecule has 0 bridgehead atoms. The highest BCUT2D eigenvalue weighted by Gasteiger charge is 2.30. The number of piperazine rings is 1. The molecule has 0 aliphatic carbocycles. The second kappa shape index (κ2) is 9.55. The minimum atomic E-state index is -3.56. The van der Waals surface area contributed by atoms with Gasteiger partial charge in [-0.1, -0.05) is 53.6 Å². The molecule has 33 heavy (non-hydrogen) atoms. The summed E-state index contributed by atoms with van der Waals surface area (Å²) in [6.07, 6.45) is 0. The summed E-state index contributed by atoms with van der Waals surface area (Å²) in [6.45, 7) is 5.39. The van der Waals surface area contributed by atoms with Crippen molar-refractivity contribution in [1.82, 2.24) is 4.31 Å². The number of para-hydroxylation sites is 1. The van der Waals surface area contributed by atoms with E-state index >= 15 is 0 Å². The van der Waals surface area contributed by atoms with Crippen LogP contribution in [0.3, 0.4) is 0 Å². The van der Waals surface area contributed by atoms with Gasteiger partial charge in [0, 0.05) is 31.7 Å². The topological polar surface area (TPSA) is 69.7 Å². The number of hydrogen-bond donors (Lipinski definition) is 1. The van der Waals surface area contributed by atoms with Gasteiger partial charge in [0.1, 0.15) is 0 Å². The van der Waals surface area contributed by atoms with Crippen LogP contribution in [0, 0.1) is 13.8 Å². The largest absolute Gasteiger partial charge is 0.366 e. The molecule has 8 heteroatoms. The van der Waals surface area contributed by atoms with Crippen molar-refractivity contribution in [2.75, 3.05) is 36.4 Å². The summed E-state index contributed by atoms with van der Waals surface area (Å²) in [4.78, 5) is 15.2.